The van der Waals surface area contributed by atoms with Gasteiger partial charge in [-0.3, -0.25) is 4.79 Å². The number of nitrogens with zero attached hydrogens (tertiary/aromatic N) is 2. The number of H-pyrrole nitrogens is 1. The Morgan fingerprint density at radius 3 is 3.22 bits per heavy atom. The van der Waals surface area contributed by atoms with Crippen molar-refractivity contribution in [3.63, 3.8) is 0 Å². The first-order chi connectivity index (χ1) is 8.86. The molecule has 0 saturated carbocycles. The Bertz CT molecular complexity index is 555. The van der Waals surface area contributed by atoms with Gasteiger partial charge in [-0.1, -0.05) is 0 Å². The number of amides is 1. The zero-order valence-corrected chi connectivity index (χ0v) is 10.1. The highest BCUT2D eigenvalue weighted by atomic mass is 16.2. The largest absolute Gasteiger partial charge is 0.345 e. The lowest BCUT2D eigenvalue weighted by Crippen LogP contribution is -2.34. The molecule has 2 aromatic rings. The lowest BCUT2D eigenvalue weighted by atomic mass is 10.2. The summed E-state index contributed by atoms with van der Waals surface area (Å²) in [6.07, 6.45) is 4.49. The van der Waals surface area contributed by atoms with E-state index in [1.807, 2.05) is 17.0 Å². The molecule has 3 heterocycles. The molecule has 0 unspecified atom stereocenters. The first-order valence-electron chi connectivity index (χ1n) is 6.28. The molecule has 5 heteroatoms. The van der Waals surface area contributed by atoms with Gasteiger partial charge in [0.15, 0.2) is 0 Å². The molecule has 1 amide bonds. The molecule has 18 heavy (non-hydrogen) atoms. The number of aromatic nitrogens is 2. The number of nitrogens with one attached hydrogen (secondary N) is 2. The van der Waals surface area contributed by atoms with E-state index in [4.69, 9.17) is 0 Å². The van der Waals surface area contributed by atoms with Crippen molar-refractivity contribution in [2.75, 3.05) is 26.2 Å². The van der Waals surface area contributed by atoms with Gasteiger partial charge < -0.3 is 15.2 Å². The van der Waals surface area contributed by atoms with Crippen molar-refractivity contribution in [3.8, 4) is 0 Å². The van der Waals surface area contributed by atoms with Gasteiger partial charge in [0, 0.05) is 37.4 Å². The normalized spacial score (nSPS) is 16.8. The smallest absolute Gasteiger partial charge is 0.256 e. The number of hydrogen-bond donors (Lipinski definition) is 2. The van der Waals surface area contributed by atoms with E-state index in [1.54, 1.807) is 12.4 Å². The van der Waals surface area contributed by atoms with Gasteiger partial charge in [-0.2, -0.15) is 0 Å². The lowest BCUT2D eigenvalue weighted by Gasteiger charge is -2.19. The molecule has 5 nitrogen and oxygen atoms in total. The summed E-state index contributed by atoms with van der Waals surface area (Å²) >= 11 is 0. The number of hydrogen-bond acceptors (Lipinski definition) is 3. The summed E-state index contributed by atoms with van der Waals surface area (Å²) in [7, 11) is 0. The molecule has 1 aliphatic heterocycles. The monoisotopic (exact) mass is 244 g/mol. The highest BCUT2D eigenvalue weighted by Crippen LogP contribution is 2.17. The van der Waals surface area contributed by atoms with E-state index in [0.29, 0.717) is 0 Å². The molecule has 0 aromatic carbocycles. The van der Waals surface area contributed by atoms with Gasteiger partial charge in [0.2, 0.25) is 0 Å². The van der Waals surface area contributed by atoms with Crippen LogP contribution in [0.2, 0.25) is 0 Å². The minimum Gasteiger partial charge on any atom is -0.345 e. The second kappa shape index (κ2) is 4.78. The Balaban J connectivity index is 1.91. The molecule has 1 fully saturated rings. The maximum Gasteiger partial charge on any atom is 0.256 e. The third-order valence-electron chi connectivity index (χ3n) is 3.31. The Hall–Kier alpha value is -1.88. The molecular weight excluding hydrogens is 228 g/mol. The van der Waals surface area contributed by atoms with Crippen molar-refractivity contribution < 1.29 is 4.79 Å². The van der Waals surface area contributed by atoms with Crippen molar-refractivity contribution in [3.05, 3.63) is 30.1 Å². The molecule has 3 rings (SSSR count). The van der Waals surface area contributed by atoms with Gasteiger partial charge in [-0.25, -0.2) is 4.98 Å². The molecule has 0 spiro atoms. The average molecular weight is 244 g/mol. The maximum atomic E-state index is 12.5. The topological polar surface area (TPSA) is 61.0 Å². The molecule has 0 aliphatic carbocycles. The lowest BCUT2D eigenvalue weighted by molar-refractivity contribution is 0.0768. The fourth-order valence-corrected chi connectivity index (χ4v) is 2.35. The van der Waals surface area contributed by atoms with Gasteiger partial charge >= 0.3 is 0 Å². The van der Waals surface area contributed by atoms with Gasteiger partial charge in [0.05, 0.1) is 5.56 Å². The molecule has 2 N–H and O–H groups in total. The van der Waals surface area contributed by atoms with Crippen LogP contribution in [0.25, 0.3) is 11.0 Å². The zero-order chi connectivity index (χ0) is 12.4. The molecule has 94 valence electrons. The summed E-state index contributed by atoms with van der Waals surface area (Å²) in [6.45, 7) is 3.44. The molecule has 0 bridgehead atoms. The predicted octanol–water partition coefficient (Wildman–Crippen LogP) is 0.998. The fraction of sp³-hybridized carbons (Fsp3) is 0.385. The van der Waals surface area contributed by atoms with Crippen LogP contribution < -0.4 is 5.32 Å². The van der Waals surface area contributed by atoms with Crippen LogP contribution in [0.3, 0.4) is 0 Å². The third kappa shape index (κ3) is 1.97. The van der Waals surface area contributed by atoms with Crippen molar-refractivity contribution in [1.29, 1.82) is 0 Å². The quantitative estimate of drug-likeness (QED) is 0.786. The summed E-state index contributed by atoms with van der Waals surface area (Å²) in [5.41, 5.74) is 1.49. The molecular formula is C13H16N4O. The number of rotatable bonds is 1. The van der Waals surface area contributed by atoms with Crippen molar-refractivity contribution in [2.24, 2.45) is 0 Å². The van der Waals surface area contributed by atoms with Crippen LogP contribution in [0.15, 0.2) is 24.5 Å². The van der Waals surface area contributed by atoms with Crippen molar-refractivity contribution in [1.82, 2.24) is 20.2 Å². The van der Waals surface area contributed by atoms with Gasteiger partial charge in [-0.05, 0) is 25.1 Å². The van der Waals surface area contributed by atoms with E-state index in [2.05, 4.69) is 15.3 Å². The number of carbonyl (C=O) groups is 1. The Kier molecular flexibility index (Phi) is 2.98. The van der Waals surface area contributed by atoms with Crippen molar-refractivity contribution >= 4 is 16.9 Å². The molecule has 2 aromatic heterocycles. The first kappa shape index (κ1) is 11.2. The summed E-state index contributed by atoms with van der Waals surface area (Å²) < 4.78 is 0. The van der Waals surface area contributed by atoms with Crippen LogP contribution in [0.5, 0.6) is 0 Å². The van der Waals surface area contributed by atoms with E-state index < -0.39 is 0 Å². The summed E-state index contributed by atoms with van der Waals surface area (Å²) in [5, 5.41) is 4.20. The molecule has 1 saturated heterocycles. The van der Waals surface area contributed by atoms with E-state index in [-0.39, 0.29) is 5.91 Å². The third-order valence-corrected chi connectivity index (χ3v) is 3.31. The number of carbonyl (C=O) groups excluding carboxylic acids is 1. The van der Waals surface area contributed by atoms with Crippen LogP contribution in [0.1, 0.15) is 16.8 Å². The summed E-state index contributed by atoms with van der Waals surface area (Å²) in [6, 6.07) is 3.79. The van der Waals surface area contributed by atoms with Crippen molar-refractivity contribution in [2.45, 2.75) is 6.42 Å². The van der Waals surface area contributed by atoms with Crippen LogP contribution in [-0.2, 0) is 0 Å². The minimum absolute atomic E-state index is 0.0953. The Labute approximate surface area is 105 Å². The predicted molar refractivity (Wildman–Crippen MR) is 69.5 cm³/mol. The molecule has 0 radical (unpaired) electrons. The van der Waals surface area contributed by atoms with Gasteiger partial charge in [-0.15, -0.1) is 0 Å². The van der Waals surface area contributed by atoms with E-state index in [1.165, 1.54) is 0 Å². The first-order valence-corrected chi connectivity index (χ1v) is 6.28. The molecule has 0 atom stereocenters. The second-order valence-electron chi connectivity index (χ2n) is 4.50. The van der Waals surface area contributed by atoms with Crippen LogP contribution in [0, 0.1) is 0 Å². The van der Waals surface area contributed by atoms with Crippen LogP contribution in [-0.4, -0.2) is 47.0 Å². The Morgan fingerprint density at radius 2 is 2.28 bits per heavy atom. The number of pyridine rings is 1. The Morgan fingerprint density at radius 1 is 1.33 bits per heavy atom. The zero-order valence-electron chi connectivity index (χ0n) is 10.1. The second-order valence-corrected chi connectivity index (χ2v) is 4.50. The van der Waals surface area contributed by atoms with Gasteiger partial charge in [0.1, 0.15) is 5.65 Å². The summed E-state index contributed by atoms with van der Waals surface area (Å²) in [5.74, 6) is 0.0953. The van der Waals surface area contributed by atoms with E-state index >= 15 is 0 Å². The average Bonchev–Trinajstić information content (AvgIpc) is 2.65. The van der Waals surface area contributed by atoms with E-state index in [0.717, 1.165) is 49.2 Å². The standard InChI is InChI=1S/C13H16N4O/c18-13(17-7-2-4-14-6-8-17)11-9-16-12-10(11)3-1-5-15-12/h1,3,5,9,14H,2,4,6-8H2,(H,15,16). The number of fused-ring (bicyclic) bond motifs is 1. The highest BCUT2D eigenvalue weighted by molar-refractivity contribution is 6.05. The SMILES string of the molecule is O=C(c1c[nH]c2ncccc12)N1CCCNCC1. The van der Waals surface area contributed by atoms with E-state index in [9.17, 15) is 4.79 Å². The minimum atomic E-state index is 0.0953. The maximum absolute atomic E-state index is 12.5. The summed E-state index contributed by atoms with van der Waals surface area (Å²) in [4.78, 5) is 21.6. The van der Waals surface area contributed by atoms with Crippen LogP contribution in [0.4, 0.5) is 0 Å². The fourth-order valence-electron chi connectivity index (χ4n) is 2.35. The highest BCUT2D eigenvalue weighted by Gasteiger charge is 2.20. The molecule has 1 aliphatic rings. The van der Waals surface area contributed by atoms with Gasteiger partial charge in [0.25, 0.3) is 5.91 Å². The van der Waals surface area contributed by atoms with Crippen LogP contribution >= 0.6 is 0 Å². The number of aromatic amines is 1.